The van der Waals surface area contributed by atoms with Crippen molar-refractivity contribution in [3.8, 4) is 0 Å². The summed E-state index contributed by atoms with van der Waals surface area (Å²) < 4.78 is 68.6. The summed E-state index contributed by atoms with van der Waals surface area (Å²) in [5, 5.41) is 4.32. The number of carbonyl (C=O) groups is 2. The molecule has 20 heavy (non-hydrogen) atoms. The standard InChI is InChI=1S/C10H11F5O4S/c1-4(16)6(5(2)17)20-10(14,15)7(8(18)19-3)9(11,12)13/h7,16H,1-3H3. The first-order valence-corrected chi connectivity index (χ1v) is 5.78. The highest BCUT2D eigenvalue weighted by atomic mass is 32.2. The predicted octanol–water partition coefficient (Wildman–Crippen LogP) is 3.04. The number of ether oxygens (including phenoxy) is 1. The molecule has 1 atom stereocenters. The molecule has 0 aromatic rings. The Morgan fingerprint density at radius 1 is 1.15 bits per heavy atom. The number of aliphatic hydroxyl groups is 1. The van der Waals surface area contributed by atoms with Crippen LogP contribution in [0.3, 0.4) is 0 Å². The molecule has 0 aromatic carbocycles. The van der Waals surface area contributed by atoms with Crippen LogP contribution in [0, 0.1) is 5.92 Å². The molecule has 116 valence electrons. The van der Waals surface area contributed by atoms with Crippen LogP contribution in [0.2, 0.25) is 0 Å². The summed E-state index contributed by atoms with van der Waals surface area (Å²) in [5.41, 5.74) is 0. The van der Waals surface area contributed by atoms with E-state index in [9.17, 15) is 31.5 Å². The van der Waals surface area contributed by atoms with Gasteiger partial charge in [-0.1, -0.05) is 0 Å². The summed E-state index contributed by atoms with van der Waals surface area (Å²) in [7, 11) is 0.529. The summed E-state index contributed by atoms with van der Waals surface area (Å²) in [4.78, 5) is 21.0. The number of hydrogen-bond donors (Lipinski definition) is 1. The van der Waals surface area contributed by atoms with Gasteiger partial charge in [0.05, 0.1) is 12.0 Å². The number of aliphatic hydroxyl groups excluding tert-OH is 1. The van der Waals surface area contributed by atoms with Crippen LogP contribution in [-0.2, 0) is 14.3 Å². The van der Waals surface area contributed by atoms with Crippen molar-refractivity contribution in [2.24, 2.45) is 5.92 Å². The average molecular weight is 322 g/mol. The molecule has 0 fully saturated rings. The Morgan fingerprint density at radius 3 is 1.85 bits per heavy atom. The van der Waals surface area contributed by atoms with Gasteiger partial charge in [0, 0.05) is 0 Å². The number of rotatable bonds is 5. The molecule has 10 heteroatoms. The minimum absolute atomic E-state index is 0.529. The Bertz CT molecular complexity index is 426. The van der Waals surface area contributed by atoms with Gasteiger partial charge in [-0.05, 0) is 25.6 Å². The lowest BCUT2D eigenvalue weighted by atomic mass is 10.1. The maximum Gasteiger partial charge on any atom is 0.409 e. The highest BCUT2D eigenvalue weighted by Gasteiger charge is 2.62. The molecule has 0 amide bonds. The van der Waals surface area contributed by atoms with Gasteiger partial charge >= 0.3 is 17.4 Å². The highest BCUT2D eigenvalue weighted by Crippen LogP contribution is 2.48. The maximum absolute atomic E-state index is 13.6. The van der Waals surface area contributed by atoms with Crippen molar-refractivity contribution in [1.82, 2.24) is 0 Å². The largest absolute Gasteiger partial charge is 0.511 e. The Kier molecular flexibility index (Phi) is 6.00. The molecule has 0 rings (SSSR count). The molecule has 0 bridgehead atoms. The quantitative estimate of drug-likeness (QED) is 0.365. The number of allylic oxidation sites excluding steroid dienone is 2. The van der Waals surface area contributed by atoms with Crippen LogP contribution in [0.5, 0.6) is 0 Å². The van der Waals surface area contributed by atoms with Crippen molar-refractivity contribution in [2.45, 2.75) is 25.3 Å². The van der Waals surface area contributed by atoms with Crippen molar-refractivity contribution in [2.75, 3.05) is 7.11 Å². The minimum Gasteiger partial charge on any atom is -0.511 e. The molecule has 4 nitrogen and oxygen atoms in total. The smallest absolute Gasteiger partial charge is 0.409 e. The number of esters is 1. The third kappa shape index (κ3) is 4.66. The summed E-state index contributed by atoms with van der Waals surface area (Å²) in [6.07, 6.45) is -5.57. The van der Waals surface area contributed by atoms with Gasteiger partial charge in [0.1, 0.15) is 5.76 Å². The number of methoxy groups -OCH3 is 1. The fraction of sp³-hybridized carbons (Fsp3) is 0.600. The van der Waals surface area contributed by atoms with E-state index in [0.717, 1.165) is 13.8 Å². The van der Waals surface area contributed by atoms with Crippen LogP contribution in [0.1, 0.15) is 13.8 Å². The zero-order chi connectivity index (χ0) is 16.3. The van der Waals surface area contributed by atoms with E-state index < -0.39 is 51.5 Å². The van der Waals surface area contributed by atoms with E-state index in [1.165, 1.54) is 0 Å². The summed E-state index contributed by atoms with van der Waals surface area (Å²) >= 11 is -0.832. The third-order valence-electron chi connectivity index (χ3n) is 1.99. The zero-order valence-electron chi connectivity index (χ0n) is 10.5. The molecule has 0 saturated heterocycles. The van der Waals surface area contributed by atoms with Gasteiger partial charge in [-0.2, -0.15) is 22.0 Å². The maximum atomic E-state index is 13.6. The van der Waals surface area contributed by atoms with Crippen molar-refractivity contribution in [3.63, 3.8) is 0 Å². The Balaban J connectivity index is 5.62. The normalized spacial score (nSPS) is 15.4. The van der Waals surface area contributed by atoms with Crippen LogP contribution in [0.15, 0.2) is 10.7 Å². The van der Waals surface area contributed by atoms with E-state index in [2.05, 4.69) is 4.74 Å². The second kappa shape index (κ2) is 6.42. The molecule has 0 aliphatic carbocycles. The van der Waals surface area contributed by atoms with Gasteiger partial charge in [0.25, 0.3) is 0 Å². The molecule has 0 aliphatic heterocycles. The number of thioether (sulfide) groups is 1. The second-order valence-corrected chi connectivity index (χ2v) is 4.79. The first kappa shape index (κ1) is 18.7. The van der Waals surface area contributed by atoms with E-state index in [4.69, 9.17) is 5.11 Å². The lowest BCUT2D eigenvalue weighted by molar-refractivity contribution is -0.224. The van der Waals surface area contributed by atoms with Crippen LogP contribution in [0.25, 0.3) is 0 Å². The molecule has 0 aliphatic rings. The summed E-state index contributed by atoms with van der Waals surface area (Å²) in [6, 6.07) is 0. The summed E-state index contributed by atoms with van der Waals surface area (Å²) in [6.45, 7) is 1.65. The molecule has 1 N–H and O–H groups in total. The van der Waals surface area contributed by atoms with E-state index >= 15 is 0 Å². The second-order valence-electron chi connectivity index (χ2n) is 3.63. The van der Waals surface area contributed by atoms with E-state index in [1.54, 1.807) is 0 Å². The fourth-order valence-corrected chi connectivity index (χ4v) is 2.09. The highest BCUT2D eigenvalue weighted by molar-refractivity contribution is 8.05. The molecule has 0 radical (unpaired) electrons. The van der Waals surface area contributed by atoms with E-state index in [1.807, 2.05) is 0 Å². The molecule has 0 saturated carbocycles. The van der Waals surface area contributed by atoms with Crippen LogP contribution < -0.4 is 0 Å². The Labute approximate surface area is 115 Å². The molecular weight excluding hydrogens is 311 g/mol. The van der Waals surface area contributed by atoms with Gasteiger partial charge in [-0.25, -0.2) is 0 Å². The lowest BCUT2D eigenvalue weighted by Gasteiger charge is -2.26. The number of hydrogen-bond acceptors (Lipinski definition) is 5. The number of halogens is 5. The molecular formula is C10H11F5O4S. The lowest BCUT2D eigenvalue weighted by Crippen LogP contribution is -2.44. The number of ketones is 1. The van der Waals surface area contributed by atoms with Gasteiger partial charge in [-0.15, -0.1) is 0 Å². The number of carbonyl (C=O) groups excluding carboxylic acids is 2. The topological polar surface area (TPSA) is 63.6 Å². The fourth-order valence-electron chi connectivity index (χ4n) is 1.17. The van der Waals surface area contributed by atoms with E-state index in [-0.39, 0.29) is 0 Å². The van der Waals surface area contributed by atoms with Crippen LogP contribution in [-0.4, -0.2) is 35.4 Å². The first-order valence-electron chi connectivity index (χ1n) is 4.96. The van der Waals surface area contributed by atoms with Gasteiger partial charge < -0.3 is 9.84 Å². The van der Waals surface area contributed by atoms with Crippen LogP contribution in [0.4, 0.5) is 22.0 Å². The monoisotopic (exact) mass is 322 g/mol. The van der Waals surface area contributed by atoms with Crippen molar-refractivity contribution in [3.05, 3.63) is 10.7 Å². The van der Waals surface area contributed by atoms with Gasteiger partial charge in [0.15, 0.2) is 5.78 Å². The van der Waals surface area contributed by atoms with E-state index in [0.29, 0.717) is 7.11 Å². The summed E-state index contributed by atoms with van der Waals surface area (Å²) in [5.74, 6) is -7.86. The molecule has 0 aromatic heterocycles. The van der Waals surface area contributed by atoms with Crippen molar-refractivity contribution < 1.29 is 41.4 Å². The Morgan fingerprint density at radius 2 is 1.60 bits per heavy atom. The number of alkyl halides is 5. The molecule has 0 spiro atoms. The van der Waals surface area contributed by atoms with Crippen molar-refractivity contribution in [1.29, 1.82) is 0 Å². The SMILES string of the molecule is COC(=O)C(C(F)(F)F)C(F)(F)SC(C(C)=O)=C(C)O. The minimum atomic E-state index is -5.57. The Hall–Kier alpha value is -1.32. The molecule has 0 heterocycles. The van der Waals surface area contributed by atoms with Gasteiger partial charge in [-0.3, -0.25) is 9.59 Å². The van der Waals surface area contributed by atoms with Crippen molar-refractivity contribution >= 4 is 23.5 Å². The predicted molar refractivity (Wildman–Crippen MR) is 60.1 cm³/mol. The third-order valence-corrected chi connectivity index (χ3v) is 3.28. The first-order chi connectivity index (χ1) is 8.84. The molecule has 1 unspecified atom stereocenters. The zero-order valence-corrected chi connectivity index (χ0v) is 11.4. The average Bonchev–Trinajstić information content (AvgIpc) is 2.22. The van der Waals surface area contributed by atoms with Crippen LogP contribution >= 0.6 is 11.8 Å². The van der Waals surface area contributed by atoms with Gasteiger partial charge in [0.2, 0.25) is 5.92 Å². The number of Topliss-reactive ketones (excluding diaryl/α,β-unsaturated/α-hetero) is 1.